The lowest BCUT2D eigenvalue weighted by atomic mass is 9.84. The average Bonchev–Trinajstić information content (AvgIpc) is 3.85. The Hall–Kier alpha value is -5.29. The summed E-state index contributed by atoms with van der Waals surface area (Å²) in [6.07, 6.45) is 1.84. The number of hydrogen-bond donors (Lipinski definition) is 2. The van der Waals surface area contributed by atoms with E-state index in [0.717, 1.165) is 33.4 Å². The van der Waals surface area contributed by atoms with Crippen molar-refractivity contribution >= 4 is 44.8 Å². The van der Waals surface area contributed by atoms with E-state index in [1.807, 2.05) is 83.0 Å². The number of fused-ring (bicyclic) bond motifs is 6. The molecule has 7 rings (SSSR count). The van der Waals surface area contributed by atoms with E-state index in [4.69, 9.17) is 14.5 Å². The van der Waals surface area contributed by atoms with Crippen LogP contribution in [0.15, 0.2) is 67.4 Å². The second-order valence-corrected chi connectivity index (χ2v) is 21.1. The van der Waals surface area contributed by atoms with Crippen LogP contribution in [-0.2, 0) is 48.0 Å². The number of hydrazine groups is 1. The largest absolute Gasteiger partial charge is 0.464 e. The molecule has 3 amide bonds. The van der Waals surface area contributed by atoms with Crippen LogP contribution in [0, 0.1) is 11.3 Å². The Morgan fingerprint density at radius 1 is 1.12 bits per heavy atom. The van der Waals surface area contributed by atoms with E-state index in [2.05, 4.69) is 39.1 Å². The zero-order valence-electron chi connectivity index (χ0n) is 40.7. The molecule has 16 heteroatoms. The summed E-state index contributed by atoms with van der Waals surface area (Å²) in [6.45, 7) is 17.9. The topological polar surface area (TPSA) is 138 Å². The zero-order chi connectivity index (χ0) is 49.2. The molecule has 13 nitrogen and oxygen atoms in total. The molecule has 2 fully saturated rings. The molecule has 363 valence electrons. The molecule has 3 aliphatic rings. The van der Waals surface area contributed by atoms with Crippen LogP contribution in [0.2, 0.25) is 5.04 Å². The third kappa shape index (κ3) is 10.8. The summed E-state index contributed by atoms with van der Waals surface area (Å²) in [5.74, 6) is -1.80. The van der Waals surface area contributed by atoms with Crippen LogP contribution in [0.25, 0.3) is 33.3 Å². The van der Waals surface area contributed by atoms with Crippen molar-refractivity contribution in [2.75, 3.05) is 46.9 Å². The highest BCUT2D eigenvalue weighted by atomic mass is 28.1. The number of esters is 1. The van der Waals surface area contributed by atoms with Crippen molar-refractivity contribution in [2.45, 2.75) is 116 Å². The Morgan fingerprint density at radius 3 is 2.57 bits per heavy atom. The van der Waals surface area contributed by atoms with Crippen molar-refractivity contribution in [1.82, 2.24) is 35.1 Å². The standard InChI is InChI=1S/C52H66F2N7O6Si/c1-10-43(62)59-21-18-52(68,29-59)28-58(8)45(31(3)4)48(63)56-41-24-33-22-35(25-36(23-33)47(53)54)34-16-17-42-38(26-34)39(46(60(42)11-2)37-14-12-19-55-44(37)32(5)66-9)27-51(6,7)30-67-50(65)40-15-13-20-61(57-40)49(41)64/h10,12,14,16-17,19,22-23,25-26,31-32,40-41,45,47,57H,1,11,13,15,18,20-21,24,27-30H2,2-9H3,(H,56,63)/t32-,40-,41-,45-,52+/m0/s1. The number of cyclic esters (lactones) is 1. The molecule has 5 atom stereocenters. The lowest BCUT2D eigenvalue weighted by Gasteiger charge is -2.38. The van der Waals surface area contributed by atoms with Crippen LogP contribution >= 0.6 is 0 Å². The maximum Gasteiger partial charge on any atom is 0.324 e. The van der Waals surface area contributed by atoms with Gasteiger partial charge in [0.05, 0.1) is 30.1 Å². The van der Waals surface area contributed by atoms with Crippen molar-refractivity contribution in [1.29, 1.82) is 0 Å². The summed E-state index contributed by atoms with van der Waals surface area (Å²) < 4.78 is 44.2. The van der Waals surface area contributed by atoms with Crippen molar-refractivity contribution in [3.05, 3.63) is 89.8 Å². The maximum atomic E-state index is 15.0. The number of nitrogens with zero attached hydrogens (tertiary/aromatic N) is 5. The number of halogens is 2. The number of rotatable bonds is 12. The third-order valence-electron chi connectivity index (χ3n) is 13.7. The maximum absolute atomic E-state index is 15.0. The van der Waals surface area contributed by atoms with Gasteiger partial charge in [-0.05, 0) is 116 Å². The highest BCUT2D eigenvalue weighted by molar-refractivity contribution is 6.16. The predicted molar refractivity (Wildman–Crippen MR) is 260 cm³/mol. The number of pyridine rings is 1. The number of carbonyl (C=O) groups excluding carboxylic acids is 4. The number of amides is 3. The van der Waals surface area contributed by atoms with Crippen LogP contribution in [0.4, 0.5) is 8.78 Å². The van der Waals surface area contributed by atoms with Gasteiger partial charge in [0.2, 0.25) is 11.8 Å². The lowest BCUT2D eigenvalue weighted by molar-refractivity contribution is -0.155. The summed E-state index contributed by atoms with van der Waals surface area (Å²) in [7, 11) is 7.43. The number of aromatic nitrogens is 2. The van der Waals surface area contributed by atoms with Gasteiger partial charge >= 0.3 is 5.97 Å². The number of ether oxygens (including phenoxy) is 2. The molecule has 3 radical (unpaired) electrons. The molecular formula is C52H66F2N7O6Si. The fourth-order valence-electron chi connectivity index (χ4n) is 10.4. The van der Waals surface area contributed by atoms with Gasteiger partial charge in [0.15, 0.2) is 0 Å². The Labute approximate surface area is 402 Å². The molecule has 3 aliphatic heterocycles. The van der Waals surface area contributed by atoms with E-state index in [1.165, 1.54) is 23.2 Å². The van der Waals surface area contributed by atoms with Gasteiger partial charge in [-0.1, -0.05) is 52.5 Å². The molecule has 2 saturated heterocycles. The first-order valence-corrected chi connectivity index (χ1v) is 24.2. The Bertz CT molecular complexity index is 2550. The Kier molecular flexibility index (Phi) is 15.4. The Balaban J connectivity index is 1.34. The van der Waals surface area contributed by atoms with Gasteiger partial charge in [0.1, 0.15) is 12.1 Å². The summed E-state index contributed by atoms with van der Waals surface area (Å²) in [6, 6.07) is 11.9. The van der Waals surface area contributed by atoms with Crippen LogP contribution in [0.3, 0.4) is 0 Å². The van der Waals surface area contributed by atoms with Crippen LogP contribution in [0.5, 0.6) is 0 Å². The molecule has 0 aliphatic carbocycles. The van der Waals surface area contributed by atoms with Gasteiger partial charge < -0.3 is 24.3 Å². The van der Waals surface area contributed by atoms with Crippen molar-refractivity contribution in [3.8, 4) is 22.4 Å². The van der Waals surface area contributed by atoms with Crippen LogP contribution in [-0.4, -0.2) is 123 Å². The number of likely N-dealkylation sites (N-methyl/N-ethyl adjacent to an activating group) is 1. The second-order valence-electron chi connectivity index (χ2n) is 20.0. The van der Waals surface area contributed by atoms with Crippen LogP contribution in [0.1, 0.15) is 95.7 Å². The van der Waals surface area contributed by atoms with Crippen molar-refractivity contribution < 1.29 is 37.4 Å². The molecule has 4 aromatic rings. The number of carbonyl (C=O) groups is 4. The lowest BCUT2D eigenvalue weighted by Crippen LogP contribution is -2.62. The molecule has 2 N–H and O–H groups in total. The van der Waals surface area contributed by atoms with E-state index < -0.39 is 52.8 Å². The average molecular weight is 951 g/mol. The molecule has 2 aromatic heterocycles. The van der Waals surface area contributed by atoms with Gasteiger partial charge in [-0.3, -0.25) is 34.1 Å². The van der Waals surface area contributed by atoms with Crippen molar-refractivity contribution in [3.63, 3.8) is 0 Å². The first-order chi connectivity index (χ1) is 32.3. The quantitative estimate of drug-likeness (QED) is 0.0847. The fourth-order valence-corrected chi connectivity index (χ4v) is 11.0. The fraction of sp³-hybridized carbons (Fsp3) is 0.519. The van der Waals surface area contributed by atoms with E-state index in [0.29, 0.717) is 68.6 Å². The zero-order valence-corrected chi connectivity index (χ0v) is 41.7. The first-order valence-electron chi connectivity index (χ1n) is 23.7. The number of hydrogen-bond acceptors (Lipinski definition) is 9. The van der Waals surface area contributed by atoms with Gasteiger partial charge in [-0.15, -0.1) is 0 Å². The molecule has 0 saturated carbocycles. The number of methoxy groups -OCH3 is 1. The molecule has 68 heavy (non-hydrogen) atoms. The predicted octanol–water partition coefficient (Wildman–Crippen LogP) is 7.39. The smallest absolute Gasteiger partial charge is 0.324 e. The highest BCUT2D eigenvalue weighted by Crippen LogP contribution is 2.43. The van der Waals surface area contributed by atoms with Gasteiger partial charge in [0.25, 0.3) is 12.3 Å². The first kappa shape index (κ1) is 50.6. The highest BCUT2D eigenvalue weighted by Gasteiger charge is 2.41. The van der Waals surface area contributed by atoms with Crippen molar-refractivity contribution in [2.24, 2.45) is 11.3 Å². The van der Waals surface area contributed by atoms with E-state index in [1.54, 1.807) is 18.2 Å². The molecule has 5 heterocycles. The minimum absolute atomic E-state index is 0.0744. The normalized spacial score (nSPS) is 22.1. The molecule has 0 spiro atoms. The minimum Gasteiger partial charge on any atom is -0.464 e. The number of aryl methyl sites for hydroxylation is 1. The number of nitrogens with one attached hydrogen (secondary N) is 2. The molecule has 2 aromatic carbocycles. The summed E-state index contributed by atoms with van der Waals surface area (Å²) in [5.41, 5.74) is 8.54. The van der Waals surface area contributed by atoms with E-state index >= 15 is 8.78 Å². The molecular weight excluding hydrogens is 885 g/mol. The minimum atomic E-state index is -2.82. The molecule has 0 unspecified atom stereocenters. The second kappa shape index (κ2) is 20.7. The summed E-state index contributed by atoms with van der Waals surface area (Å²) in [4.78, 5) is 64.3. The monoisotopic (exact) mass is 950 g/mol. The van der Waals surface area contributed by atoms with Crippen LogP contribution < -0.4 is 10.7 Å². The van der Waals surface area contributed by atoms with E-state index in [-0.39, 0.29) is 43.1 Å². The summed E-state index contributed by atoms with van der Waals surface area (Å²) in [5, 5.41) is 4.84. The van der Waals surface area contributed by atoms with Gasteiger partial charge in [-0.25, -0.2) is 14.2 Å². The summed E-state index contributed by atoms with van der Waals surface area (Å²) >= 11 is 0. The number of likely N-dealkylation sites (tertiary alicyclic amines) is 1. The van der Waals surface area contributed by atoms with Gasteiger partial charge in [-0.2, -0.15) is 0 Å². The third-order valence-corrected chi connectivity index (χ3v) is 14.3. The Morgan fingerprint density at radius 2 is 1.88 bits per heavy atom. The van der Waals surface area contributed by atoms with Gasteiger partial charge in [0, 0.05) is 90.1 Å². The van der Waals surface area contributed by atoms with E-state index in [9.17, 15) is 19.2 Å². The molecule has 6 bridgehead atoms. The SMILES string of the molecule is C=CC(=O)N1CC[C@@]([Si])(CN(C)[C@H](C(=O)N[C@H]2Cc3cc(cc(C(F)F)c3)-c3ccc4c(c3)c(c(-c3cccnc3[C@H](C)OC)n4CC)CC(C)(C)COC(=O)[C@@H]3CCCN(N3)C2=O)C(C)C)C1. The number of alkyl halides is 2. The number of benzene rings is 2.